The Balaban J connectivity index is 1.82. The predicted molar refractivity (Wildman–Crippen MR) is 88.0 cm³/mol. The molecule has 0 saturated heterocycles. The molecule has 0 aliphatic carbocycles. The summed E-state index contributed by atoms with van der Waals surface area (Å²) in [4.78, 5) is 0. The Morgan fingerprint density at radius 2 is 1.67 bits per heavy atom. The van der Waals surface area contributed by atoms with E-state index in [2.05, 4.69) is 0 Å². The topological polar surface area (TPSA) is 29.5 Å². The quantitative estimate of drug-likeness (QED) is 0.613. The predicted octanol–water partition coefficient (Wildman–Crippen LogP) is 6.12. The lowest BCUT2D eigenvalue weighted by Crippen LogP contribution is -2.05. The molecule has 0 radical (unpaired) electrons. The van der Waals surface area contributed by atoms with E-state index in [-0.39, 0.29) is 21.5 Å². The highest BCUT2D eigenvalue weighted by Crippen LogP contribution is 2.36. The van der Waals surface area contributed by atoms with Gasteiger partial charge in [0.25, 0.3) is 0 Å². The molecular weight excluding hydrogens is 364 g/mol. The minimum absolute atomic E-state index is 0.0538. The second-order valence-electron chi connectivity index (χ2n) is 5.24. The molecule has 24 heavy (non-hydrogen) atoms. The van der Waals surface area contributed by atoms with Crippen LogP contribution in [0.25, 0.3) is 0 Å². The van der Waals surface area contributed by atoms with Gasteiger partial charge in [-0.25, -0.2) is 0 Å². The lowest BCUT2D eigenvalue weighted by atomic mass is 10.1. The molecule has 2 nitrogen and oxygen atoms in total. The van der Waals surface area contributed by atoms with Crippen molar-refractivity contribution in [3.8, 4) is 11.5 Å². The van der Waals surface area contributed by atoms with Gasteiger partial charge in [-0.3, -0.25) is 0 Å². The summed E-state index contributed by atoms with van der Waals surface area (Å²) in [6.45, 7) is 0.323. The fourth-order valence-electron chi connectivity index (χ4n) is 2.19. The van der Waals surface area contributed by atoms with E-state index < -0.39 is 11.7 Å². The first-order chi connectivity index (χ1) is 11.3. The lowest BCUT2D eigenvalue weighted by molar-refractivity contribution is -0.137. The average molecular weight is 379 g/mol. The van der Waals surface area contributed by atoms with Crippen LogP contribution in [0.15, 0.2) is 36.4 Å². The van der Waals surface area contributed by atoms with Crippen molar-refractivity contribution in [2.24, 2.45) is 0 Å². The van der Waals surface area contributed by atoms with Crippen molar-refractivity contribution < 1.29 is 23.0 Å². The molecule has 0 aliphatic heterocycles. The number of aryl methyl sites for hydroxylation is 1. The van der Waals surface area contributed by atoms with Gasteiger partial charge >= 0.3 is 6.18 Å². The van der Waals surface area contributed by atoms with Gasteiger partial charge in [0, 0.05) is 12.1 Å². The number of aromatic hydroxyl groups is 1. The zero-order valence-corrected chi connectivity index (χ0v) is 14.0. The molecule has 0 aromatic heterocycles. The fraction of sp³-hybridized carbons (Fsp3) is 0.294. The molecule has 0 spiro atoms. The Morgan fingerprint density at radius 3 is 2.29 bits per heavy atom. The molecule has 0 atom stereocenters. The Morgan fingerprint density at radius 1 is 1.00 bits per heavy atom. The number of benzene rings is 2. The standard InChI is InChI=1S/C17H15Cl2F3O2/c18-14-9-13(23)10-15(19)16(14)24-7-2-1-4-11-5-3-6-12(8-11)17(20,21)22/h3,5-6,8-10,23H,1-2,4,7H2. The second kappa shape index (κ2) is 7.99. The summed E-state index contributed by atoms with van der Waals surface area (Å²) in [5.41, 5.74) is -0.00979. The molecule has 0 amide bonds. The van der Waals surface area contributed by atoms with E-state index in [4.69, 9.17) is 27.9 Å². The van der Waals surface area contributed by atoms with Gasteiger partial charge in [0.05, 0.1) is 22.2 Å². The summed E-state index contributed by atoms with van der Waals surface area (Å²) in [5.74, 6) is 0.233. The molecule has 2 rings (SSSR count). The molecule has 2 aromatic carbocycles. The maximum atomic E-state index is 12.6. The summed E-state index contributed by atoms with van der Waals surface area (Å²) in [6, 6.07) is 7.95. The monoisotopic (exact) mass is 378 g/mol. The van der Waals surface area contributed by atoms with Gasteiger partial charge < -0.3 is 9.84 Å². The third-order valence-corrected chi connectivity index (χ3v) is 3.91. The van der Waals surface area contributed by atoms with Gasteiger partial charge in [-0.15, -0.1) is 0 Å². The van der Waals surface area contributed by atoms with E-state index in [0.717, 1.165) is 12.1 Å². The Bertz CT molecular complexity index is 679. The maximum absolute atomic E-state index is 12.6. The van der Waals surface area contributed by atoms with Gasteiger partial charge in [-0.1, -0.05) is 41.4 Å². The third kappa shape index (κ3) is 5.21. The Hall–Kier alpha value is -1.59. The van der Waals surface area contributed by atoms with Crippen LogP contribution in [0.5, 0.6) is 11.5 Å². The van der Waals surface area contributed by atoms with Crippen LogP contribution in [0.3, 0.4) is 0 Å². The molecule has 2 aromatic rings. The van der Waals surface area contributed by atoms with Crippen LogP contribution in [0.4, 0.5) is 13.2 Å². The van der Waals surface area contributed by atoms with Crippen molar-refractivity contribution >= 4 is 23.2 Å². The van der Waals surface area contributed by atoms with Crippen molar-refractivity contribution in [2.75, 3.05) is 6.61 Å². The molecule has 130 valence electrons. The van der Waals surface area contributed by atoms with Gasteiger partial charge in [-0.05, 0) is 30.9 Å². The summed E-state index contributed by atoms with van der Waals surface area (Å²) >= 11 is 11.9. The molecular formula is C17H15Cl2F3O2. The zero-order valence-electron chi connectivity index (χ0n) is 12.5. The van der Waals surface area contributed by atoms with Crippen LogP contribution in [-0.4, -0.2) is 11.7 Å². The molecule has 0 aliphatic rings. The first kappa shape index (κ1) is 18.7. The van der Waals surface area contributed by atoms with Crippen LogP contribution in [0.1, 0.15) is 24.0 Å². The zero-order chi connectivity index (χ0) is 17.7. The SMILES string of the molecule is Oc1cc(Cl)c(OCCCCc2cccc(C(F)(F)F)c2)c(Cl)c1. The van der Waals surface area contributed by atoms with Gasteiger partial charge in [0.1, 0.15) is 5.75 Å². The van der Waals surface area contributed by atoms with E-state index in [9.17, 15) is 18.3 Å². The number of rotatable bonds is 6. The van der Waals surface area contributed by atoms with E-state index in [0.29, 0.717) is 31.4 Å². The van der Waals surface area contributed by atoms with E-state index in [1.165, 1.54) is 18.2 Å². The minimum atomic E-state index is -4.33. The number of ether oxygens (including phenoxy) is 1. The molecule has 7 heteroatoms. The van der Waals surface area contributed by atoms with Crippen LogP contribution in [0.2, 0.25) is 10.0 Å². The van der Waals surface area contributed by atoms with Crippen molar-refractivity contribution in [3.05, 3.63) is 57.6 Å². The van der Waals surface area contributed by atoms with Gasteiger partial charge in [-0.2, -0.15) is 13.2 Å². The number of hydrogen-bond acceptors (Lipinski definition) is 2. The lowest BCUT2D eigenvalue weighted by Gasteiger charge is -2.11. The highest BCUT2D eigenvalue weighted by Gasteiger charge is 2.30. The van der Waals surface area contributed by atoms with Crippen LogP contribution >= 0.6 is 23.2 Å². The molecule has 1 N–H and O–H groups in total. The van der Waals surface area contributed by atoms with Crippen LogP contribution in [0, 0.1) is 0 Å². The summed E-state index contributed by atoms with van der Waals surface area (Å²) in [6.07, 6.45) is -2.52. The number of alkyl halides is 3. The van der Waals surface area contributed by atoms with Gasteiger partial charge in [0.15, 0.2) is 5.75 Å². The normalized spacial score (nSPS) is 11.5. The number of phenolic OH excluding ortho intramolecular Hbond substituents is 1. The Labute approximate surface area is 147 Å². The van der Waals surface area contributed by atoms with Crippen LogP contribution in [-0.2, 0) is 12.6 Å². The molecule has 0 bridgehead atoms. The molecule has 0 saturated carbocycles. The van der Waals surface area contributed by atoms with E-state index in [1.807, 2.05) is 0 Å². The second-order valence-corrected chi connectivity index (χ2v) is 6.06. The molecule has 0 fully saturated rings. The van der Waals surface area contributed by atoms with Crippen LogP contribution < -0.4 is 4.74 Å². The number of phenols is 1. The van der Waals surface area contributed by atoms with Crippen molar-refractivity contribution in [1.29, 1.82) is 0 Å². The summed E-state index contributed by atoms with van der Waals surface area (Å²) < 4.78 is 43.4. The third-order valence-electron chi connectivity index (χ3n) is 3.34. The number of hydrogen-bond donors (Lipinski definition) is 1. The smallest absolute Gasteiger partial charge is 0.416 e. The van der Waals surface area contributed by atoms with Crippen molar-refractivity contribution in [1.82, 2.24) is 0 Å². The van der Waals surface area contributed by atoms with Crippen molar-refractivity contribution in [2.45, 2.75) is 25.4 Å². The summed E-state index contributed by atoms with van der Waals surface area (Å²) in [5, 5.41) is 9.74. The first-order valence-corrected chi connectivity index (χ1v) is 8.00. The largest absolute Gasteiger partial charge is 0.508 e. The van der Waals surface area contributed by atoms with Crippen molar-refractivity contribution in [3.63, 3.8) is 0 Å². The average Bonchev–Trinajstić information content (AvgIpc) is 2.48. The highest BCUT2D eigenvalue weighted by atomic mass is 35.5. The number of unbranched alkanes of at least 4 members (excludes halogenated alkanes) is 1. The van der Waals surface area contributed by atoms with E-state index >= 15 is 0 Å². The number of halogens is 5. The van der Waals surface area contributed by atoms with Gasteiger partial charge in [0.2, 0.25) is 0 Å². The Kier molecular flexibility index (Phi) is 6.24. The maximum Gasteiger partial charge on any atom is 0.416 e. The summed E-state index contributed by atoms with van der Waals surface area (Å²) in [7, 11) is 0. The molecule has 0 unspecified atom stereocenters. The molecule has 0 heterocycles. The first-order valence-electron chi connectivity index (χ1n) is 7.24. The minimum Gasteiger partial charge on any atom is -0.508 e. The highest BCUT2D eigenvalue weighted by molar-refractivity contribution is 6.37. The fourth-order valence-corrected chi connectivity index (χ4v) is 2.78. The van der Waals surface area contributed by atoms with E-state index in [1.54, 1.807) is 6.07 Å².